The Morgan fingerprint density at radius 2 is 2.04 bits per heavy atom. The lowest BCUT2D eigenvalue weighted by Crippen LogP contribution is -2.35. The first-order valence-corrected chi connectivity index (χ1v) is 9.86. The molecule has 26 heavy (non-hydrogen) atoms. The average molecular weight is 375 g/mol. The summed E-state index contributed by atoms with van der Waals surface area (Å²) in [7, 11) is 1.34. The first-order chi connectivity index (χ1) is 12.4. The van der Waals surface area contributed by atoms with Crippen LogP contribution in [0.1, 0.15) is 54.9 Å². The molecule has 0 amide bonds. The molecule has 0 aliphatic carbocycles. The molecule has 0 atom stereocenters. The second-order valence-electron chi connectivity index (χ2n) is 7.74. The van der Waals surface area contributed by atoms with Crippen molar-refractivity contribution < 1.29 is 9.53 Å². The second-order valence-corrected chi connectivity index (χ2v) is 8.68. The number of rotatable bonds is 4. The Balaban J connectivity index is 1.58. The fourth-order valence-corrected chi connectivity index (χ4v) is 4.21. The number of thiazole rings is 1. The van der Waals surface area contributed by atoms with Crippen molar-refractivity contribution in [3.8, 4) is 0 Å². The number of ether oxygens (including phenoxy) is 1. The Hall–Kier alpha value is -2.02. The van der Waals surface area contributed by atoms with Gasteiger partial charge in [-0.05, 0) is 24.8 Å². The summed E-state index contributed by atoms with van der Waals surface area (Å²) in [4.78, 5) is 27.0. The first kappa shape index (κ1) is 18.8. The number of nitrogens with zero attached hydrogens (tertiary/aromatic N) is 4. The standard InChI is InChI=1S/C19H26N4O2S/c1-19(2,3)14-12-26-16(21-14)11-13-6-9-23(10-7-13)15-5-8-20-17(22-15)18(24)25-4/h5,8,12-13H,6-7,9-11H2,1-4H3. The fourth-order valence-electron chi connectivity index (χ4n) is 3.08. The van der Waals surface area contributed by atoms with Crippen molar-refractivity contribution in [2.75, 3.05) is 25.1 Å². The predicted molar refractivity (Wildman–Crippen MR) is 103 cm³/mol. The molecular formula is C19H26N4O2S. The van der Waals surface area contributed by atoms with Gasteiger partial charge in [0, 0.05) is 36.5 Å². The van der Waals surface area contributed by atoms with Crippen LogP contribution in [0.25, 0.3) is 0 Å². The van der Waals surface area contributed by atoms with Crippen molar-refractivity contribution in [1.82, 2.24) is 15.0 Å². The molecule has 0 bridgehead atoms. The van der Waals surface area contributed by atoms with E-state index in [1.54, 1.807) is 17.5 Å². The normalized spacial score (nSPS) is 15.9. The van der Waals surface area contributed by atoms with Crippen molar-refractivity contribution >= 4 is 23.1 Å². The zero-order valence-corrected chi connectivity index (χ0v) is 16.7. The van der Waals surface area contributed by atoms with Crippen molar-refractivity contribution in [1.29, 1.82) is 0 Å². The highest BCUT2D eigenvalue weighted by Gasteiger charge is 2.24. The summed E-state index contributed by atoms with van der Waals surface area (Å²) in [5.74, 6) is 1.06. The zero-order chi connectivity index (χ0) is 18.7. The summed E-state index contributed by atoms with van der Waals surface area (Å²) in [6.45, 7) is 8.47. The van der Waals surface area contributed by atoms with Crippen LogP contribution in [0.15, 0.2) is 17.6 Å². The molecule has 140 valence electrons. The van der Waals surface area contributed by atoms with E-state index >= 15 is 0 Å². The minimum absolute atomic E-state index is 0.114. The maximum Gasteiger partial charge on any atom is 0.376 e. The van der Waals surface area contributed by atoms with E-state index in [9.17, 15) is 4.79 Å². The van der Waals surface area contributed by atoms with Crippen molar-refractivity contribution in [3.05, 3.63) is 34.2 Å². The van der Waals surface area contributed by atoms with Crippen molar-refractivity contribution in [3.63, 3.8) is 0 Å². The minimum atomic E-state index is -0.500. The molecule has 1 aliphatic rings. The minimum Gasteiger partial charge on any atom is -0.463 e. The van der Waals surface area contributed by atoms with Crippen LogP contribution in [0.4, 0.5) is 5.82 Å². The van der Waals surface area contributed by atoms with Gasteiger partial charge in [-0.1, -0.05) is 20.8 Å². The molecule has 2 aromatic rings. The van der Waals surface area contributed by atoms with Gasteiger partial charge in [-0.2, -0.15) is 0 Å². The third kappa shape index (κ3) is 4.38. The predicted octanol–water partition coefficient (Wildman–Crippen LogP) is 3.48. The third-order valence-electron chi connectivity index (χ3n) is 4.73. The molecule has 6 nitrogen and oxygen atoms in total. The highest BCUT2D eigenvalue weighted by molar-refractivity contribution is 7.09. The fraction of sp³-hybridized carbons (Fsp3) is 0.579. The van der Waals surface area contributed by atoms with E-state index < -0.39 is 5.97 Å². The molecule has 7 heteroatoms. The van der Waals surface area contributed by atoms with Gasteiger partial charge in [0.15, 0.2) is 0 Å². The van der Waals surface area contributed by atoms with E-state index in [0.29, 0.717) is 5.92 Å². The molecule has 0 radical (unpaired) electrons. The zero-order valence-electron chi connectivity index (χ0n) is 15.9. The largest absolute Gasteiger partial charge is 0.463 e. The quantitative estimate of drug-likeness (QED) is 0.763. The maximum absolute atomic E-state index is 11.6. The van der Waals surface area contributed by atoms with Gasteiger partial charge in [-0.3, -0.25) is 0 Å². The highest BCUT2D eigenvalue weighted by atomic mass is 32.1. The topological polar surface area (TPSA) is 68.2 Å². The second kappa shape index (κ2) is 7.70. The molecule has 1 aliphatic heterocycles. The van der Waals surface area contributed by atoms with Gasteiger partial charge in [0.1, 0.15) is 5.82 Å². The average Bonchev–Trinajstić information content (AvgIpc) is 3.11. The van der Waals surface area contributed by atoms with Gasteiger partial charge in [-0.25, -0.2) is 19.7 Å². The van der Waals surface area contributed by atoms with Gasteiger partial charge < -0.3 is 9.64 Å². The first-order valence-electron chi connectivity index (χ1n) is 8.98. The van der Waals surface area contributed by atoms with Crippen LogP contribution in [-0.2, 0) is 16.6 Å². The molecular weight excluding hydrogens is 348 g/mol. The van der Waals surface area contributed by atoms with E-state index in [2.05, 4.69) is 41.0 Å². The Bertz CT molecular complexity index is 761. The van der Waals surface area contributed by atoms with E-state index in [1.165, 1.54) is 17.8 Å². The van der Waals surface area contributed by atoms with Crippen molar-refractivity contribution in [2.45, 2.75) is 45.4 Å². The Morgan fingerprint density at radius 1 is 1.31 bits per heavy atom. The van der Waals surface area contributed by atoms with E-state index in [4.69, 9.17) is 9.72 Å². The summed E-state index contributed by atoms with van der Waals surface area (Å²) in [6, 6.07) is 1.85. The monoisotopic (exact) mass is 374 g/mol. The molecule has 3 heterocycles. The number of carbonyl (C=O) groups is 1. The van der Waals surface area contributed by atoms with Crippen LogP contribution >= 0.6 is 11.3 Å². The number of hydrogen-bond donors (Lipinski definition) is 0. The van der Waals surface area contributed by atoms with Gasteiger partial charge >= 0.3 is 5.97 Å². The molecule has 3 rings (SSSR count). The van der Waals surface area contributed by atoms with Crippen LogP contribution in [0.2, 0.25) is 0 Å². The van der Waals surface area contributed by atoms with Gasteiger partial charge in [0.05, 0.1) is 17.8 Å². The van der Waals surface area contributed by atoms with E-state index in [-0.39, 0.29) is 11.2 Å². The molecule has 0 spiro atoms. The van der Waals surface area contributed by atoms with E-state index in [0.717, 1.165) is 38.2 Å². The van der Waals surface area contributed by atoms with Gasteiger partial charge in [-0.15, -0.1) is 11.3 Å². The van der Waals surface area contributed by atoms with Crippen LogP contribution in [0.5, 0.6) is 0 Å². The lowest BCUT2D eigenvalue weighted by atomic mass is 9.92. The lowest BCUT2D eigenvalue weighted by molar-refractivity contribution is 0.0586. The molecule has 0 aromatic carbocycles. The number of anilines is 1. The third-order valence-corrected chi connectivity index (χ3v) is 5.60. The number of hydrogen-bond acceptors (Lipinski definition) is 7. The van der Waals surface area contributed by atoms with Crippen molar-refractivity contribution in [2.24, 2.45) is 5.92 Å². The van der Waals surface area contributed by atoms with Crippen LogP contribution in [0.3, 0.4) is 0 Å². The van der Waals surface area contributed by atoms with Crippen LogP contribution in [-0.4, -0.2) is 41.1 Å². The van der Waals surface area contributed by atoms with Gasteiger partial charge in [0.2, 0.25) is 5.82 Å². The lowest BCUT2D eigenvalue weighted by Gasteiger charge is -2.32. The molecule has 2 aromatic heterocycles. The number of piperidine rings is 1. The van der Waals surface area contributed by atoms with Crippen LogP contribution < -0.4 is 4.90 Å². The summed E-state index contributed by atoms with van der Waals surface area (Å²) in [5, 5.41) is 3.43. The molecule has 1 fully saturated rings. The Kier molecular flexibility index (Phi) is 5.55. The number of aromatic nitrogens is 3. The van der Waals surface area contributed by atoms with E-state index in [1.807, 2.05) is 6.07 Å². The Labute approximate surface area is 158 Å². The molecule has 1 saturated heterocycles. The molecule has 0 saturated carbocycles. The maximum atomic E-state index is 11.6. The summed E-state index contributed by atoms with van der Waals surface area (Å²) >= 11 is 1.78. The summed E-state index contributed by atoms with van der Waals surface area (Å²) in [5.41, 5.74) is 1.30. The molecule has 0 unspecified atom stereocenters. The SMILES string of the molecule is COC(=O)c1nccc(N2CCC(Cc3nc(C(C)(C)C)cs3)CC2)n1. The number of carbonyl (C=O) groups excluding carboxylic acids is 1. The summed E-state index contributed by atoms with van der Waals surface area (Å²) in [6.07, 6.45) is 4.86. The van der Waals surface area contributed by atoms with Crippen LogP contribution in [0, 0.1) is 5.92 Å². The highest BCUT2D eigenvalue weighted by Crippen LogP contribution is 2.28. The van der Waals surface area contributed by atoms with Gasteiger partial charge in [0.25, 0.3) is 0 Å². The number of methoxy groups -OCH3 is 1. The molecule has 0 N–H and O–H groups in total. The summed E-state index contributed by atoms with van der Waals surface area (Å²) < 4.78 is 4.70. The Morgan fingerprint density at radius 3 is 2.65 bits per heavy atom. The smallest absolute Gasteiger partial charge is 0.376 e. The number of esters is 1.